The second-order valence-electron chi connectivity index (χ2n) is 6.62. The van der Waals surface area contributed by atoms with Crippen LogP contribution in [0.2, 0.25) is 0 Å². The monoisotopic (exact) mass is 273 g/mol. The molecular formula is C18H27NO. The predicted octanol–water partition coefficient (Wildman–Crippen LogP) is 3.62. The highest BCUT2D eigenvalue weighted by atomic mass is 16.5. The minimum Gasteiger partial charge on any atom is -0.375 e. The van der Waals surface area contributed by atoms with E-state index < -0.39 is 0 Å². The van der Waals surface area contributed by atoms with Crippen LogP contribution in [0, 0.1) is 6.92 Å². The minimum absolute atomic E-state index is 0.235. The van der Waals surface area contributed by atoms with Gasteiger partial charge in [0, 0.05) is 12.6 Å². The van der Waals surface area contributed by atoms with Crippen LogP contribution in [0.5, 0.6) is 0 Å². The maximum absolute atomic E-state index is 6.10. The van der Waals surface area contributed by atoms with Gasteiger partial charge in [-0.1, -0.05) is 42.7 Å². The molecule has 20 heavy (non-hydrogen) atoms. The molecule has 1 unspecified atom stereocenters. The van der Waals surface area contributed by atoms with Crippen LogP contribution in [0.1, 0.15) is 49.7 Å². The standard InChI is InChI=1S/C18H27NO/c1-15-5-4-6-16(13-15)7-11-19-17-8-12-20-18(14-17)9-2-3-10-18/h4-6,13,17,19H,2-3,7-12,14H2,1H3. The molecule has 1 saturated heterocycles. The summed E-state index contributed by atoms with van der Waals surface area (Å²) in [5, 5.41) is 3.76. The van der Waals surface area contributed by atoms with E-state index in [1.807, 2.05) is 0 Å². The molecule has 1 spiro atoms. The summed E-state index contributed by atoms with van der Waals surface area (Å²) in [5.74, 6) is 0. The van der Waals surface area contributed by atoms with Gasteiger partial charge >= 0.3 is 0 Å². The third-order valence-electron chi connectivity index (χ3n) is 4.94. The molecule has 1 atom stereocenters. The molecule has 1 N–H and O–H groups in total. The summed E-state index contributed by atoms with van der Waals surface area (Å²) < 4.78 is 6.10. The van der Waals surface area contributed by atoms with Crippen molar-refractivity contribution in [2.75, 3.05) is 13.2 Å². The smallest absolute Gasteiger partial charge is 0.0697 e. The van der Waals surface area contributed by atoms with E-state index in [-0.39, 0.29) is 5.60 Å². The van der Waals surface area contributed by atoms with E-state index in [2.05, 4.69) is 36.5 Å². The first-order chi connectivity index (χ1) is 9.76. The Labute approximate surface area is 122 Å². The van der Waals surface area contributed by atoms with E-state index >= 15 is 0 Å². The van der Waals surface area contributed by atoms with Crippen LogP contribution in [0.25, 0.3) is 0 Å². The lowest BCUT2D eigenvalue weighted by atomic mass is 9.89. The van der Waals surface area contributed by atoms with Crippen molar-refractivity contribution in [2.45, 2.75) is 63.5 Å². The number of nitrogens with one attached hydrogen (secondary N) is 1. The van der Waals surface area contributed by atoms with Crippen molar-refractivity contribution in [2.24, 2.45) is 0 Å². The lowest BCUT2D eigenvalue weighted by molar-refractivity contribution is -0.0834. The fraction of sp³-hybridized carbons (Fsp3) is 0.667. The summed E-state index contributed by atoms with van der Waals surface area (Å²) in [6, 6.07) is 9.51. The van der Waals surface area contributed by atoms with Gasteiger partial charge in [0.1, 0.15) is 0 Å². The third kappa shape index (κ3) is 3.42. The highest BCUT2D eigenvalue weighted by Crippen LogP contribution is 2.39. The summed E-state index contributed by atoms with van der Waals surface area (Å²) in [6.45, 7) is 4.20. The van der Waals surface area contributed by atoms with Gasteiger partial charge in [-0.3, -0.25) is 0 Å². The quantitative estimate of drug-likeness (QED) is 0.904. The number of benzene rings is 1. The van der Waals surface area contributed by atoms with Gasteiger partial charge in [0.05, 0.1) is 5.60 Å². The average Bonchev–Trinajstić information content (AvgIpc) is 2.87. The highest BCUT2D eigenvalue weighted by Gasteiger charge is 2.39. The zero-order chi connectivity index (χ0) is 13.8. The zero-order valence-electron chi connectivity index (χ0n) is 12.7. The summed E-state index contributed by atoms with van der Waals surface area (Å²) in [5.41, 5.74) is 3.04. The zero-order valence-corrected chi connectivity index (χ0v) is 12.7. The van der Waals surface area contributed by atoms with Crippen LogP contribution in [-0.4, -0.2) is 24.8 Å². The SMILES string of the molecule is Cc1cccc(CCNC2CCOC3(CCCC3)C2)c1. The Bertz CT molecular complexity index is 437. The number of ether oxygens (including phenoxy) is 1. The van der Waals surface area contributed by atoms with Crippen LogP contribution in [-0.2, 0) is 11.2 Å². The summed E-state index contributed by atoms with van der Waals surface area (Å²) >= 11 is 0. The van der Waals surface area contributed by atoms with E-state index in [4.69, 9.17) is 4.74 Å². The molecular weight excluding hydrogens is 246 g/mol. The average molecular weight is 273 g/mol. The Hall–Kier alpha value is -0.860. The number of rotatable bonds is 4. The van der Waals surface area contributed by atoms with Gasteiger partial charge in [0.25, 0.3) is 0 Å². The van der Waals surface area contributed by atoms with Gasteiger partial charge in [-0.15, -0.1) is 0 Å². The van der Waals surface area contributed by atoms with Crippen molar-refractivity contribution in [1.29, 1.82) is 0 Å². The number of hydrogen-bond donors (Lipinski definition) is 1. The molecule has 2 nitrogen and oxygen atoms in total. The molecule has 2 heteroatoms. The van der Waals surface area contributed by atoms with Crippen molar-refractivity contribution in [3.8, 4) is 0 Å². The van der Waals surface area contributed by atoms with E-state index in [1.165, 1.54) is 49.7 Å². The van der Waals surface area contributed by atoms with Gasteiger partial charge < -0.3 is 10.1 Å². The summed E-state index contributed by atoms with van der Waals surface area (Å²) in [6.07, 6.45) is 8.81. The molecule has 0 aromatic heterocycles. The summed E-state index contributed by atoms with van der Waals surface area (Å²) in [4.78, 5) is 0. The van der Waals surface area contributed by atoms with Crippen molar-refractivity contribution < 1.29 is 4.74 Å². The lowest BCUT2D eigenvalue weighted by Gasteiger charge is -2.38. The topological polar surface area (TPSA) is 21.3 Å². The second kappa shape index (κ2) is 6.28. The molecule has 1 aliphatic carbocycles. The number of aryl methyl sites for hydroxylation is 1. The molecule has 1 aromatic rings. The molecule has 2 fully saturated rings. The third-order valence-corrected chi connectivity index (χ3v) is 4.94. The van der Waals surface area contributed by atoms with Gasteiger partial charge in [0.15, 0.2) is 0 Å². The Morgan fingerprint density at radius 3 is 2.95 bits per heavy atom. The first-order valence-corrected chi connectivity index (χ1v) is 8.19. The summed E-state index contributed by atoms with van der Waals surface area (Å²) in [7, 11) is 0. The molecule has 1 aromatic carbocycles. The van der Waals surface area contributed by atoms with E-state index in [1.54, 1.807) is 0 Å². The Kier molecular flexibility index (Phi) is 4.42. The highest BCUT2D eigenvalue weighted by molar-refractivity contribution is 5.22. The first kappa shape index (κ1) is 14.1. The van der Waals surface area contributed by atoms with E-state index in [0.29, 0.717) is 6.04 Å². The van der Waals surface area contributed by atoms with Gasteiger partial charge in [-0.25, -0.2) is 0 Å². The van der Waals surface area contributed by atoms with Crippen molar-refractivity contribution in [3.05, 3.63) is 35.4 Å². The molecule has 2 aliphatic rings. The van der Waals surface area contributed by atoms with Gasteiger partial charge in [0.2, 0.25) is 0 Å². The Balaban J connectivity index is 1.46. The maximum atomic E-state index is 6.10. The fourth-order valence-electron chi connectivity index (χ4n) is 3.86. The Morgan fingerprint density at radius 1 is 1.30 bits per heavy atom. The molecule has 0 bridgehead atoms. The molecule has 0 amide bonds. The second-order valence-corrected chi connectivity index (χ2v) is 6.62. The molecule has 1 heterocycles. The van der Waals surface area contributed by atoms with Gasteiger partial charge in [-0.05, 0) is 51.1 Å². The van der Waals surface area contributed by atoms with E-state index in [0.717, 1.165) is 19.6 Å². The minimum atomic E-state index is 0.235. The normalized spacial score (nSPS) is 25.1. The van der Waals surface area contributed by atoms with Crippen LogP contribution >= 0.6 is 0 Å². The van der Waals surface area contributed by atoms with Crippen LogP contribution in [0.4, 0.5) is 0 Å². The van der Waals surface area contributed by atoms with Crippen LogP contribution in [0.15, 0.2) is 24.3 Å². The number of hydrogen-bond acceptors (Lipinski definition) is 2. The molecule has 3 rings (SSSR count). The first-order valence-electron chi connectivity index (χ1n) is 8.19. The van der Waals surface area contributed by atoms with Crippen molar-refractivity contribution in [3.63, 3.8) is 0 Å². The molecule has 1 saturated carbocycles. The molecule has 110 valence electrons. The molecule has 0 radical (unpaired) electrons. The van der Waals surface area contributed by atoms with Crippen molar-refractivity contribution >= 4 is 0 Å². The van der Waals surface area contributed by atoms with Crippen LogP contribution in [0.3, 0.4) is 0 Å². The lowest BCUT2D eigenvalue weighted by Crippen LogP contribution is -2.46. The molecule has 1 aliphatic heterocycles. The predicted molar refractivity (Wildman–Crippen MR) is 83.1 cm³/mol. The maximum Gasteiger partial charge on any atom is 0.0697 e. The largest absolute Gasteiger partial charge is 0.375 e. The van der Waals surface area contributed by atoms with Crippen molar-refractivity contribution in [1.82, 2.24) is 5.32 Å². The Morgan fingerprint density at radius 2 is 2.15 bits per heavy atom. The van der Waals surface area contributed by atoms with E-state index in [9.17, 15) is 0 Å². The van der Waals surface area contributed by atoms with Crippen LogP contribution < -0.4 is 5.32 Å². The fourth-order valence-corrected chi connectivity index (χ4v) is 3.86. The van der Waals surface area contributed by atoms with Gasteiger partial charge in [-0.2, -0.15) is 0 Å².